The third kappa shape index (κ3) is 4.91. The maximum atomic E-state index is 7.05. The lowest BCUT2D eigenvalue weighted by atomic mass is 10.0. The normalized spacial score (nSPS) is 11.0. The molecule has 0 saturated carbocycles. The lowest BCUT2D eigenvalue weighted by Gasteiger charge is -2.12. The van der Waals surface area contributed by atoms with E-state index in [1.165, 1.54) is 11.1 Å². The van der Waals surface area contributed by atoms with Gasteiger partial charge in [0.05, 0.1) is 6.61 Å². The third-order valence-electron chi connectivity index (χ3n) is 2.70. The predicted octanol–water partition coefficient (Wildman–Crippen LogP) is 4.16. The molecule has 0 N–H and O–H groups in total. The molecule has 2 heteroatoms. The average Bonchev–Trinajstić information content (AvgIpc) is 2.23. The Bertz CT molecular complexity index is 395. The smallest absolute Gasteiger partial charge is 0.227 e. The second kappa shape index (κ2) is 5.72. The van der Waals surface area contributed by atoms with E-state index in [-0.39, 0.29) is 5.54 Å². The highest BCUT2D eigenvalue weighted by Gasteiger charge is 2.21. The highest BCUT2D eigenvalue weighted by Crippen LogP contribution is 2.19. The van der Waals surface area contributed by atoms with Crippen molar-refractivity contribution in [1.29, 1.82) is 0 Å². The predicted molar refractivity (Wildman–Crippen MR) is 71.3 cm³/mol. The summed E-state index contributed by atoms with van der Waals surface area (Å²) in [4.78, 5) is 3.59. The van der Waals surface area contributed by atoms with Crippen molar-refractivity contribution < 1.29 is 4.74 Å². The Labute approximate surface area is 104 Å². The molecule has 92 valence electrons. The van der Waals surface area contributed by atoms with Crippen molar-refractivity contribution in [2.45, 2.75) is 46.1 Å². The van der Waals surface area contributed by atoms with Crippen LogP contribution in [0.3, 0.4) is 0 Å². The topological polar surface area (TPSA) is 13.6 Å². The molecule has 0 unspecified atom stereocenters. The number of ether oxygens (including phenoxy) is 1. The molecule has 0 saturated heterocycles. The Kier molecular flexibility index (Phi) is 4.57. The van der Waals surface area contributed by atoms with Crippen LogP contribution in [0.4, 0.5) is 0 Å². The van der Waals surface area contributed by atoms with Gasteiger partial charge in [0.2, 0.25) is 5.54 Å². The maximum absolute atomic E-state index is 7.05. The van der Waals surface area contributed by atoms with E-state index in [0.29, 0.717) is 6.61 Å². The van der Waals surface area contributed by atoms with Crippen LogP contribution >= 0.6 is 0 Å². The van der Waals surface area contributed by atoms with Gasteiger partial charge in [0.15, 0.2) is 0 Å². The molecule has 0 spiro atoms. The van der Waals surface area contributed by atoms with Crippen molar-refractivity contribution in [2.75, 3.05) is 6.61 Å². The zero-order chi connectivity index (χ0) is 12.9. The number of aryl methyl sites for hydroxylation is 2. The molecule has 0 aliphatic rings. The van der Waals surface area contributed by atoms with Crippen LogP contribution in [-0.2, 0) is 0 Å². The highest BCUT2D eigenvalue weighted by molar-refractivity contribution is 5.32. The van der Waals surface area contributed by atoms with E-state index in [2.05, 4.69) is 24.8 Å². The van der Waals surface area contributed by atoms with Gasteiger partial charge in [-0.15, -0.1) is 0 Å². The number of benzene rings is 1. The molecule has 0 atom stereocenters. The van der Waals surface area contributed by atoms with Crippen LogP contribution in [0.2, 0.25) is 0 Å². The summed E-state index contributed by atoms with van der Waals surface area (Å²) in [6.45, 7) is 15.8. The van der Waals surface area contributed by atoms with Crippen LogP contribution in [0.15, 0.2) is 18.2 Å². The van der Waals surface area contributed by atoms with Crippen molar-refractivity contribution in [1.82, 2.24) is 0 Å². The van der Waals surface area contributed by atoms with Crippen molar-refractivity contribution in [3.63, 3.8) is 0 Å². The lowest BCUT2D eigenvalue weighted by molar-refractivity contribution is 0.296. The van der Waals surface area contributed by atoms with E-state index in [9.17, 15) is 0 Å². The van der Waals surface area contributed by atoms with Crippen molar-refractivity contribution in [2.24, 2.45) is 0 Å². The molecule has 0 aliphatic carbocycles. The largest absolute Gasteiger partial charge is 0.494 e. The quantitative estimate of drug-likeness (QED) is 0.548. The molecule has 0 aliphatic heterocycles. The molecule has 1 rings (SSSR count). The summed E-state index contributed by atoms with van der Waals surface area (Å²) in [6.07, 6.45) is 1.80. The van der Waals surface area contributed by atoms with Gasteiger partial charge in [-0.2, -0.15) is 0 Å². The second-order valence-electron chi connectivity index (χ2n) is 5.20. The summed E-state index contributed by atoms with van der Waals surface area (Å²) in [5.74, 6) is 0.933. The van der Waals surface area contributed by atoms with Gasteiger partial charge in [0.25, 0.3) is 0 Å². The van der Waals surface area contributed by atoms with Crippen LogP contribution in [0.5, 0.6) is 5.75 Å². The number of nitrogens with zero attached hydrogens (tertiary/aromatic N) is 1. The number of rotatable bonds is 5. The van der Waals surface area contributed by atoms with Crippen molar-refractivity contribution >= 4 is 0 Å². The van der Waals surface area contributed by atoms with E-state index in [0.717, 1.165) is 18.6 Å². The standard InChI is InChI=1S/C15H21NO/c1-12-9-13(2)11-14(10-12)17-8-6-7-15(3,4)16-5/h9-11H,6-8H2,1-4H3. The summed E-state index contributed by atoms with van der Waals surface area (Å²) in [5.41, 5.74) is 2.19. The summed E-state index contributed by atoms with van der Waals surface area (Å²) in [6, 6.07) is 6.23. The molecule has 0 heterocycles. The molecule has 0 fully saturated rings. The monoisotopic (exact) mass is 231 g/mol. The Morgan fingerprint density at radius 2 is 1.76 bits per heavy atom. The van der Waals surface area contributed by atoms with Gasteiger partial charge in [0.1, 0.15) is 5.75 Å². The Morgan fingerprint density at radius 3 is 2.29 bits per heavy atom. The molecule has 17 heavy (non-hydrogen) atoms. The molecule has 0 amide bonds. The van der Waals surface area contributed by atoms with E-state index in [1.807, 2.05) is 26.0 Å². The summed E-state index contributed by atoms with van der Waals surface area (Å²) < 4.78 is 5.70. The van der Waals surface area contributed by atoms with E-state index < -0.39 is 0 Å². The molecule has 0 bridgehead atoms. The Morgan fingerprint density at radius 1 is 1.18 bits per heavy atom. The van der Waals surface area contributed by atoms with Gasteiger partial charge in [-0.05, 0) is 43.5 Å². The maximum Gasteiger partial charge on any atom is 0.227 e. The minimum absolute atomic E-state index is 0.258. The molecular formula is C15H21NO. The van der Waals surface area contributed by atoms with E-state index in [1.54, 1.807) is 0 Å². The van der Waals surface area contributed by atoms with Gasteiger partial charge in [0, 0.05) is 20.3 Å². The van der Waals surface area contributed by atoms with Gasteiger partial charge in [-0.3, -0.25) is 0 Å². The van der Waals surface area contributed by atoms with Crippen molar-refractivity contribution in [3.8, 4) is 5.75 Å². The fourth-order valence-corrected chi connectivity index (χ4v) is 1.77. The Balaban J connectivity index is 2.39. The molecular weight excluding hydrogens is 210 g/mol. The van der Waals surface area contributed by atoms with Crippen molar-refractivity contribution in [3.05, 3.63) is 40.7 Å². The first kappa shape index (κ1) is 13.6. The first-order valence-electron chi connectivity index (χ1n) is 6.03. The van der Waals surface area contributed by atoms with Crippen LogP contribution in [0.1, 0.15) is 37.8 Å². The van der Waals surface area contributed by atoms with Gasteiger partial charge in [-0.25, -0.2) is 6.57 Å². The zero-order valence-corrected chi connectivity index (χ0v) is 11.2. The highest BCUT2D eigenvalue weighted by atomic mass is 16.5. The molecule has 1 aromatic carbocycles. The molecule has 0 aromatic heterocycles. The molecule has 0 radical (unpaired) electrons. The summed E-state index contributed by atoms with van der Waals surface area (Å²) >= 11 is 0. The third-order valence-corrected chi connectivity index (χ3v) is 2.70. The fraction of sp³-hybridized carbons (Fsp3) is 0.533. The summed E-state index contributed by atoms with van der Waals surface area (Å²) in [5, 5.41) is 0. The summed E-state index contributed by atoms with van der Waals surface area (Å²) in [7, 11) is 0. The van der Waals surface area contributed by atoms with Crippen LogP contribution < -0.4 is 4.74 Å². The minimum atomic E-state index is -0.258. The lowest BCUT2D eigenvalue weighted by Crippen LogP contribution is -2.15. The fourth-order valence-electron chi connectivity index (χ4n) is 1.77. The SMILES string of the molecule is [C-]#[N+]C(C)(C)CCCOc1cc(C)cc(C)c1. The van der Waals surface area contributed by atoms with Gasteiger partial charge in [-0.1, -0.05) is 6.07 Å². The second-order valence-corrected chi connectivity index (χ2v) is 5.20. The van der Waals surface area contributed by atoms with Crippen LogP contribution in [-0.4, -0.2) is 12.1 Å². The first-order chi connectivity index (χ1) is 7.93. The minimum Gasteiger partial charge on any atom is -0.494 e. The van der Waals surface area contributed by atoms with Crippen LogP contribution in [0, 0.1) is 20.4 Å². The van der Waals surface area contributed by atoms with Crippen LogP contribution in [0.25, 0.3) is 4.85 Å². The number of hydrogen-bond acceptors (Lipinski definition) is 1. The molecule has 2 nitrogen and oxygen atoms in total. The van der Waals surface area contributed by atoms with Gasteiger partial charge < -0.3 is 9.58 Å². The first-order valence-corrected chi connectivity index (χ1v) is 6.03. The van der Waals surface area contributed by atoms with E-state index >= 15 is 0 Å². The van der Waals surface area contributed by atoms with E-state index in [4.69, 9.17) is 11.3 Å². The zero-order valence-electron chi connectivity index (χ0n) is 11.2. The van der Waals surface area contributed by atoms with Gasteiger partial charge >= 0.3 is 0 Å². The number of hydrogen-bond donors (Lipinski definition) is 0. The average molecular weight is 231 g/mol. The Hall–Kier alpha value is -1.49. The molecule has 1 aromatic rings.